The molecule has 0 aliphatic carbocycles. The lowest BCUT2D eigenvalue weighted by Gasteiger charge is -2.27. The fourth-order valence-corrected chi connectivity index (χ4v) is 3.55. The molecule has 1 saturated heterocycles. The van der Waals surface area contributed by atoms with E-state index in [9.17, 15) is 5.11 Å². The van der Waals surface area contributed by atoms with Gasteiger partial charge in [-0.3, -0.25) is 4.98 Å². The van der Waals surface area contributed by atoms with Crippen molar-refractivity contribution in [2.24, 2.45) is 5.92 Å². The first-order valence-electron chi connectivity index (χ1n) is 8.65. The smallest absolute Gasteiger partial charge is 0.0830 e. The third kappa shape index (κ3) is 3.05. The lowest BCUT2D eigenvalue weighted by Crippen LogP contribution is -2.33. The Morgan fingerprint density at radius 2 is 1.88 bits per heavy atom. The van der Waals surface area contributed by atoms with Crippen LogP contribution >= 0.6 is 0 Å². The number of rotatable bonds is 3. The van der Waals surface area contributed by atoms with Gasteiger partial charge in [-0.1, -0.05) is 36.4 Å². The van der Waals surface area contributed by atoms with E-state index in [0.717, 1.165) is 42.4 Å². The number of nitrogens with zero attached hydrogens (tertiary/aromatic N) is 1. The molecule has 2 heterocycles. The highest BCUT2D eigenvalue weighted by atomic mass is 16.3. The monoisotopic (exact) mass is 318 g/mol. The molecule has 2 unspecified atom stereocenters. The molecule has 1 aliphatic rings. The maximum atomic E-state index is 10.6. The van der Waals surface area contributed by atoms with Gasteiger partial charge in [-0.05, 0) is 54.3 Å². The minimum absolute atomic E-state index is 0.316. The Labute approximate surface area is 142 Å². The number of aliphatic hydroxyl groups excluding tert-OH is 1. The summed E-state index contributed by atoms with van der Waals surface area (Å²) in [6, 6.07) is 18.7. The Hall–Kier alpha value is -2.23. The molecule has 0 radical (unpaired) electrons. The first-order valence-corrected chi connectivity index (χ1v) is 8.65. The molecule has 4 rings (SSSR count). The van der Waals surface area contributed by atoms with E-state index in [1.165, 1.54) is 11.1 Å². The second-order valence-corrected chi connectivity index (χ2v) is 6.58. The number of pyridine rings is 1. The second-order valence-electron chi connectivity index (χ2n) is 6.58. The molecule has 1 aromatic heterocycles. The molecule has 0 saturated carbocycles. The molecule has 24 heavy (non-hydrogen) atoms. The Balaban J connectivity index is 1.58. The first kappa shape index (κ1) is 15.3. The molecule has 1 aliphatic heterocycles. The Morgan fingerprint density at radius 3 is 2.67 bits per heavy atom. The minimum atomic E-state index is -0.382. The van der Waals surface area contributed by atoms with Crippen molar-refractivity contribution in [2.45, 2.75) is 18.9 Å². The van der Waals surface area contributed by atoms with E-state index in [1.807, 2.05) is 12.3 Å². The zero-order valence-electron chi connectivity index (χ0n) is 13.7. The summed E-state index contributed by atoms with van der Waals surface area (Å²) in [6.45, 7) is 1.97. The highest BCUT2D eigenvalue weighted by molar-refractivity contribution is 5.84. The molecule has 0 bridgehead atoms. The fraction of sp³-hybridized carbons (Fsp3) is 0.286. The molecule has 3 nitrogen and oxygen atoms in total. The molecule has 0 amide bonds. The minimum Gasteiger partial charge on any atom is -0.388 e. The summed E-state index contributed by atoms with van der Waals surface area (Å²) in [6.07, 6.45) is 3.67. The normalized spacial score (nSPS) is 19.3. The van der Waals surface area contributed by atoms with Crippen LogP contribution in [-0.4, -0.2) is 23.2 Å². The van der Waals surface area contributed by atoms with E-state index in [2.05, 4.69) is 58.8 Å². The van der Waals surface area contributed by atoms with Crippen LogP contribution in [0.4, 0.5) is 0 Å². The van der Waals surface area contributed by atoms with Crippen molar-refractivity contribution in [3.8, 4) is 11.1 Å². The van der Waals surface area contributed by atoms with Gasteiger partial charge in [-0.2, -0.15) is 0 Å². The average Bonchev–Trinajstić information content (AvgIpc) is 2.68. The largest absolute Gasteiger partial charge is 0.388 e. The van der Waals surface area contributed by atoms with Crippen LogP contribution in [-0.2, 0) is 0 Å². The van der Waals surface area contributed by atoms with Gasteiger partial charge < -0.3 is 10.4 Å². The van der Waals surface area contributed by atoms with E-state index >= 15 is 0 Å². The molecule has 2 aromatic carbocycles. The zero-order chi connectivity index (χ0) is 16.4. The van der Waals surface area contributed by atoms with Crippen molar-refractivity contribution in [1.29, 1.82) is 0 Å². The van der Waals surface area contributed by atoms with E-state index in [-0.39, 0.29) is 6.10 Å². The van der Waals surface area contributed by atoms with Crippen molar-refractivity contribution >= 4 is 10.9 Å². The summed E-state index contributed by atoms with van der Waals surface area (Å²) in [7, 11) is 0. The second kappa shape index (κ2) is 6.71. The maximum Gasteiger partial charge on any atom is 0.0830 e. The van der Waals surface area contributed by atoms with Gasteiger partial charge in [0.1, 0.15) is 0 Å². The van der Waals surface area contributed by atoms with Gasteiger partial charge in [0.15, 0.2) is 0 Å². The number of aliphatic hydroxyl groups is 1. The van der Waals surface area contributed by atoms with E-state index in [0.29, 0.717) is 5.92 Å². The van der Waals surface area contributed by atoms with E-state index in [1.54, 1.807) is 0 Å². The number of fused-ring (bicyclic) bond motifs is 1. The van der Waals surface area contributed by atoms with Crippen LogP contribution in [0.5, 0.6) is 0 Å². The summed E-state index contributed by atoms with van der Waals surface area (Å²) in [5.41, 5.74) is 4.36. The highest BCUT2D eigenvalue weighted by Gasteiger charge is 2.22. The van der Waals surface area contributed by atoms with Gasteiger partial charge in [0.2, 0.25) is 0 Å². The quantitative estimate of drug-likeness (QED) is 0.769. The van der Waals surface area contributed by atoms with E-state index < -0.39 is 0 Å². The summed E-state index contributed by atoms with van der Waals surface area (Å²) in [4.78, 5) is 4.37. The number of hydrogen-bond donors (Lipinski definition) is 2. The first-order chi connectivity index (χ1) is 11.8. The van der Waals surface area contributed by atoms with Crippen LogP contribution in [0.3, 0.4) is 0 Å². The van der Waals surface area contributed by atoms with Crippen molar-refractivity contribution in [1.82, 2.24) is 10.3 Å². The summed E-state index contributed by atoms with van der Waals surface area (Å²) < 4.78 is 0. The summed E-state index contributed by atoms with van der Waals surface area (Å²) in [5, 5.41) is 15.1. The van der Waals surface area contributed by atoms with Crippen molar-refractivity contribution in [3.63, 3.8) is 0 Å². The number of aromatic nitrogens is 1. The van der Waals surface area contributed by atoms with Crippen molar-refractivity contribution in [3.05, 3.63) is 66.4 Å². The third-order valence-corrected chi connectivity index (χ3v) is 4.97. The van der Waals surface area contributed by atoms with Crippen LogP contribution in [0.1, 0.15) is 24.5 Å². The van der Waals surface area contributed by atoms with Gasteiger partial charge in [-0.15, -0.1) is 0 Å². The number of hydrogen-bond acceptors (Lipinski definition) is 3. The number of piperidine rings is 1. The fourth-order valence-electron chi connectivity index (χ4n) is 3.55. The van der Waals surface area contributed by atoms with Crippen LogP contribution in [0, 0.1) is 5.92 Å². The SMILES string of the molecule is OC(c1ccc(-c2ccc3ncccc3c2)cc1)C1CCCNC1. The van der Waals surface area contributed by atoms with Gasteiger partial charge in [0.05, 0.1) is 11.6 Å². The number of nitrogens with one attached hydrogen (secondary N) is 1. The highest BCUT2D eigenvalue weighted by Crippen LogP contribution is 2.29. The lowest BCUT2D eigenvalue weighted by molar-refractivity contribution is 0.0922. The Morgan fingerprint density at radius 1 is 1.04 bits per heavy atom. The molecule has 122 valence electrons. The van der Waals surface area contributed by atoms with Gasteiger partial charge in [0, 0.05) is 24.0 Å². The Bertz CT molecular complexity index is 823. The lowest BCUT2D eigenvalue weighted by atomic mass is 9.89. The third-order valence-electron chi connectivity index (χ3n) is 4.97. The molecule has 2 N–H and O–H groups in total. The average molecular weight is 318 g/mol. The summed E-state index contributed by atoms with van der Waals surface area (Å²) in [5.74, 6) is 0.316. The standard InChI is InChI=1S/C21H22N2O/c24-21(19-4-1-11-22-14-19)16-7-5-15(6-8-16)17-9-10-20-18(13-17)3-2-12-23-20/h2-3,5-10,12-13,19,21-22,24H,1,4,11,14H2. The molecule has 1 fully saturated rings. The van der Waals surface area contributed by atoms with Gasteiger partial charge >= 0.3 is 0 Å². The predicted octanol–water partition coefficient (Wildman–Crippen LogP) is 3.93. The molecule has 2 atom stereocenters. The molecule has 0 spiro atoms. The zero-order valence-corrected chi connectivity index (χ0v) is 13.7. The topological polar surface area (TPSA) is 45.2 Å². The van der Waals surface area contributed by atoms with Crippen LogP contribution in [0.25, 0.3) is 22.0 Å². The Kier molecular flexibility index (Phi) is 4.28. The maximum absolute atomic E-state index is 10.6. The van der Waals surface area contributed by atoms with Crippen LogP contribution < -0.4 is 5.32 Å². The molecular formula is C21H22N2O. The van der Waals surface area contributed by atoms with E-state index in [4.69, 9.17) is 0 Å². The molecular weight excluding hydrogens is 296 g/mol. The van der Waals surface area contributed by atoms with Crippen LogP contribution in [0.15, 0.2) is 60.8 Å². The number of benzene rings is 2. The van der Waals surface area contributed by atoms with Gasteiger partial charge in [-0.25, -0.2) is 0 Å². The predicted molar refractivity (Wildman–Crippen MR) is 97.7 cm³/mol. The molecule has 3 heteroatoms. The summed E-state index contributed by atoms with van der Waals surface area (Å²) >= 11 is 0. The van der Waals surface area contributed by atoms with Gasteiger partial charge in [0.25, 0.3) is 0 Å². The molecule has 3 aromatic rings. The van der Waals surface area contributed by atoms with Crippen LogP contribution in [0.2, 0.25) is 0 Å². The van der Waals surface area contributed by atoms with Crippen molar-refractivity contribution in [2.75, 3.05) is 13.1 Å². The van der Waals surface area contributed by atoms with Crippen molar-refractivity contribution < 1.29 is 5.11 Å².